The van der Waals surface area contributed by atoms with Crippen molar-refractivity contribution in [1.82, 2.24) is 24.4 Å². The third kappa shape index (κ3) is 3.36. The van der Waals surface area contributed by atoms with Gasteiger partial charge in [-0.3, -0.25) is 9.36 Å². The summed E-state index contributed by atoms with van der Waals surface area (Å²) in [5.41, 5.74) is 1.82. The lowest BCUT2D eigenvalue weighted by molar-refractivity contribution is -0.121. The summed E-state index contributed by atoms with van der Waals surface area (Å²) >= 11 is 0. The van der Waals surface area contributed by atoms with E-state index in [0.717, 1.165) is 15.6 Å². The maximum absolute atomic E-state index is 12.7. The second-order valence-corrected chi connectivity index (χ2v) is 4.98. The second-order valence-electron chi connectivity index (χ2n) is 4.98. The monoisotopic (exact) mass is 319 g/mol. The van der Waals surface area contributed by atoms with Crippen molar-refractivity contribution in [2.75, 3.05) is 0 Å². The molecule has 0 fully saturated rings. The molecule has 0 radical (unpaired) electrons. The molecule has 1 amide bonds. The van der Waals surface area contributed by atoms with Crippen LogP contribution in [0.15, 0.2) is 43.0 Å². The van der Waals surface area contributed by atoms with Crippen LogP contribution in [0.3, 0.4) is 0 Å². The van der Waals surface area contributed by atoms with E-state index < -0.39 is 6.55 Å². The molecule has 120 valence electrons. The van der Waals surface area contributed by atoms with Crippen LogP contribution in [0.2, 0.25) is 0 Å². The van der Waals surface area contributed by atoms with Crippen LogP contribution in [-0.4, -0.2) is 25.0 Å². The van der Waals surface area contributed by atoms with Crippen LogP contribution >= 0.6 is 0 Å². The average molecular weight is 319 g/mol. The Kier molecular flexibility index (Phi) is 4.31. The molecular formula is C15H15F2N5O. The van der Waals surface area contributed by atoms with Crippen LogP contribution in [0, 0.1) is 0 Å². The topological polar surface area (TPSA) is 64.7 Å². The van der Waals surface area contributed by atoms with E-state index in [1.165, 1.54) is 12.4 Å². The molecule has 0 aliphatic heterocycles. The predicted octanol–water partition coefficient (Wildman–Crippen LogP) is 2.33. The van der Waals surface area contributed by atoms with Crippen molar-refractivity contribution in [2.45, 2.75) is 26.1 Å². The number of carbonyl (C=O) groups excluding carboxylic acids is 1. The van der Waals surface area contributed by atoms with Crippen molar-refractivity contribution >= 4 is 16.9 Å². The van der Waals surface area contributed by atoms with Crippen molar-refractivity contribution < 1.29 is 13.6 Å². The highest BCUT2D eigenvalue weighted by molar-refractivity contribution is 5.77. The standard InChI is InChI=1S/C15H15F2N5O/c16-15(17)22-8-6-18-13(22)9-19-14(23)5-7-21-10-20-11-3-1-2-4-12(11)21/h1-4,6,8,10,15H,5,7,9H2,(H,19,23). The minimum atomic E-state index is -2.67. The molecule has 0 spiro atoms. The van der Waals surface area contributed by atoms with E-state index in [1.54, 1.807) is 6.33 Å². The van der Waals surface area contributed by atoms with Gasteiger partial charge >= 0.3 is 6.55 Å². The van der Waals surface area contributed by atoms with E-state index in [2.05, 4.69) is 15.3 Å². The van der Waals surface area contributed by atoms with Gasteiger partial charge in [-0.1, -0.05) is 12.1 Å². The summed E-state index contributed by atoms with van der Waals surface area (Å²) in [6.45, 7) is -2.22. The molecule has 0 aliphatic carbocycles. The molecule has 0 unspecified atom stereocenters. The first kappa shape index (κ1) is 15.1. The lowest BCUT2D eigenvalue weighted by Crippen LogP contribution is -2.25. The van der Waals surface area contributed by atoms with Gasteiger partial charge in [-0.05, 0) is 12.1 Å². The zero-order valence-electron chi connectivity index (χ0n) is 12.2. The Balaban J connectivity index is 1.55. The van der Waals surface area contributed by atoms with Crippen LogP contribution in [0.4, 0.5) is 8.78 Å². The Bertz CT molecular complexity index is 811. The van der Waals surface area contributed by atoms with E-state index in [-0.39, 0.29) is 24.7 Å². The smallest absolute Gasteiger partial charge is 0.319 e. The van der Waals surface area contributed by atoms with Gasteiger partial charge < -0.3 is 9.88 Å². The highest BCUT2D eigenvalue weighted by Crippen LogP contribution is 2.13. The number of hydrogen-bond donors (Lipinski definition) is 1. The number of amides is 1. The first-order valence-electron chi connectivity index (χ1n) is 7.11. The van der Waals surface area contributed by atoms with Crippen molar-refractivity contribution in [3.8, 4) is 0 Å². The van der Waals surface area contributed by atoms with Crippen molar-refractivity contribution in [3.63, 3.8) is 0 Å². The van der Waals surface area contributed by atoms with Gasteiger partial charge in [0.2, 0.25) is 5.91 Å². The SMILES string of the molecule is O=C(CCn1cnc2ccccc21)NCc1nccn1C(F)F. The molecule has 2 aromatic heterocycles. The van der Waals surface area contributed by atoms with Crippen molar-refractivity contribution in [2.24, 2.45) is 0 Å². The number of aromatic nitrogens is 4. The highest BCUT2D eigenvalue weighted by Gasteiger charge is 2.12. The number of nitrogens with one attached hydrogen (secondary N) is 1. The van der Waals surface area contributed by atoms with E-state index in [9.17, 15) is 13.6 Å². The Morgan fingerprint density at radius 3 is 2.91 bits per heavy atom. The fraction of sp³-hybridized carbons (Fsp3) is 0.267. The van der Waals surface area contributed by atoms with Gasteiger partial charge in [0, 0.05) is 25.4 Å². The van der Waals surface area contributed by atoms with Gasteiger partial charge in [-0.15, -0.1) is 0 Å². The number of carbonyl (C=O) groups is 1. The van der Waals surface area contributed by atoms with Gasteiger partial charge in [0.25, 0.3) is 0 Å². The van der Waals surface area contributed by atoms with Gasteiger partial charge in [0.15, 0.2) is 0 Å². The van der Waals surface area contributed by atoms with Gasteiger partial charge in [-0.25, -0.2) is 9.97 Å². The number of halogens is 2. The number of rotatable bonds is 6. The zero-order chi connectivity index (χ0) is 16.2. The van der Waals surface area contributed by atoms with Crippen LogP contribution in [0.25, 0.3) is 11.0 Å². The molecule has 1 aromatic carbocycles. The number of aryl methyl sites for hydroxylation is 1. The molecule has 0 saturated carbocycles. The first-order chi connectivity index (χ1) is 11.1. The number of para-hydroxylation sites is 2. The number of alkyl halides is 2. The fourth-order valence-corrected chi connectivity index (χ4v) is 2.34. The first-order valence-corrected chi connectivity index (χ1v) is 7.11. The number of nitrogens with zero attached hydrogens (tertiary/aromatic N) is 4. The Morgan fingerprint density at radius 1 is 1.26 bits per heavy atom. The third-order valence-electron chi connectivity index (χ3n) is 3.51. The Morgan fingerprint density at radius 2 is 2.09 bits per heavy atom. The summed E-state index contributed by atoms with van der Waals surface area (Å²) in [6, 6.07) is 7.64. The van der Waals surface area contributed by atoms with Crippen LogP contribution in [0.5, 0.6) is 0 Å². The number of hydrogen-bond acceptors (Lipinski definition) is 3. The largest absolute Gasteiger partial charge is 0.349 e. The molecule has 3 aromatic rings. The summed E-state index contributed by atoms with van der Waals surface area (Å²) in [5.74, 6) is -0.104. The zero-order valence-corrected chi connectivity index (χ0v) is 12.2. The number of benzene rings is 1. The van der Waals surface area contributed by atoms with E-state index in [0.29, 0.717) is 6.54 Å². The van der Waals surface area contributed by atoms with E-state index in [4.69, 9.17) is 0 Å². The van der Waals surface area contributed by atoms with Crippen LogP contribution in [0.1, 0.15) is 18.8 Å². The average Bonchev–Trinajstić information content (AvgIpc) is 3.17. The molecule has 3 rings (SSSR count). The van der Waals surface area contributed by atoms with E-state index in [1.807, 2.05) is 28.8 Å². The second kappa shape index (κ2) is 6.55. The lowest BCUT2D eigenvalue weighted by Gasteiger charge is -2.08. The predicted molar refractivity (Wildman–Crippen MR) is 79.7 cm³/mol. The number of fused-ring (bicyclic) bond motifs is 1. The van der Waals surface area contributed by atoms with Crippen molar-refractivity contribution in [3.05, 3.63) is 48.8 Å². The third-order valence-corrected chi connectivity index (χ3v) is 3.51. The highest BCUT2D eigenvalue weighted by atomic mass is 19.3. The van der Waals surface area contributed by atoms with Crippen molar-refractivity contribution in [1.29, 1.82) is 0 Å². The summed E-state index contributed by atoms with van der Waals surface area (Å²) in [7, 11) is 0. The molecule has 2 heterocycles. The summed E-state index contributed by atoms with van der Waals surface area (Å²) in [6.07, 6.45) is 4.38. The van der Waals surface area contributed by atoms with Crippen LogP contribution < -0.4 is 5.32 Å². The van der Waals surface area contributed by atoms with Gasteiger partial charge in [0.05, 0.1) is 23.9 Å². The molecule has 1 N–H and O–H groups in total. The Labute approximate surface area is 130 Å². The minimum Gasteiger partial charge on any atom is -0.349 e. The molecule has 6 nitrogen and oxygen atoms in total. The molecule has 0 aliphatic rings. The lowest BCUT2D eigenvalue weighted by atomic mass is 10.3. The number of imidazole rings is 2. The summed E-state index contributed by atoms with van der Waals surface area (Å²) < 4.78 is 27.9. The molecule has 8 heteroatoms. The summed E-state index contributed by atoms with van der Waals surface area (Å²) in [4.78, 5) is 19.9. The molecule has 0 atom stereocenters. The molecule has 23 heavy (non-hydrogen) atoms. The maximum Gasteiger partial charge on any atom is 0.319 e. The quantitative estimate of drug-likeness (QED) is 0.758. The van der Waals surface area contributed by atoms with Crippen LogP contribution in [-0.2, 0) is 17.9 Å². The normalized spacial score (nSPS) is 11.3. The van der Waals surface area contributed by atoms with E-state index >= 15 is 0 Å². The van der Waals surface area contributed by atoms with Gasteiger partial charge in [-0.2, -0.15) is 8.78 Å². The minimum absolute atomic E-state index is 0.0269. The molecular weight excluding hydrogens is 304 g/mol. The fourth-order valence-electron chi connectivity index (χ4n) is 2.34. The maximum atomic E-state index is 12.7. The molecule has 0 saturated heterocycles. The molecule has 0 bridgehead atoms. The van der Waals surface area contributed by atoms with Gasteiger partial charge in [0.1, 0.15) is 5.82 Å². The summed E-state index contributed by atoms with van der Waals surface area (Å²) in [5, 5.41) is 2.60. The Hall–Kier alpha value is -2.77.